The predicted molar refractivity (Wildman–Crippen MR) is 30.0 cm³/mol. The molecule has 2 aliphatic rings. The van der Waals surface area contributed by atoms with Gasteiger partial charge in [0.05, 0.1) is 12.7 Å². The van der Waals surface area contributed by atoms with E-state index in [1.807, 2.05) is 0 Å². The maximum absolute atomic E-state index is 5.31. The van der Waals surface area contributed by atoms with Gasteiger partial charge in [0, 0.05) is 6.61 Å². The summed E-state index contributed by atoms with van der Waals surface area (Å²) in [5.41, 5.74) is 0. The Kier molecular flexibility index (Phi) is 1.41. The van der Waals surface area contributed by atoms with Crippen molar-refractivity contribution in [2.75, 3.05) is 20.0 Å². The molecule has 2 aliphatic heterocycles. The summed E-state index contributed by atoms with van der Waals surface area (Å²) < 4.78 is 15.6. The lowest BCUT2D eigenvalue weighted by molar-refractivity contribution is -0.176. The first-order valence-electron chi connectivity index (χ1n) is 3.28. The van der Waals surface area contributed by atoms with Crippen LogP contribution in [0.25, 0.3) is 0 Å². The van der Waals surface area contributed by atoms with Crippen LogP contribution in [-0.2, 0) is 14.2 Å². The zero-order valence-electron chi connectivity index (χ0n) is 5.21. The topological polar surface area (TPSA) is 27.7 Å². The molecule has 0 spiro atoms. The van der Waals surface area contributed by atoms with Crippen molar-refractivity contribution in [3.63, 3.8) is 0 Å². The van der Waals surface area contributed by atoms with Crippen molar-refractivity contribution < 1.29 is 14.2 Å². The molecule has 9 heavy (non-hydrogen) atoms. The van der Waals surface area contributed by atoms with Gasteiger partial charge in [0.25, 0.3) is 0 Å². The lowest BCUT2D eigenvalue weighted by Crippen LogP contribution is -2.35. The molecule has 3 heteroatoms. The van der Waals surface area contributed by atoms with Crippen molar-refractivity contribution in [1.82, 2.24) is 0 Å². The van der Waals surface area contributed by atoms with Gasteiger partial charge in [-0.2, -0.15) is 0 Å². The first kappa shape index (κ1) is 5.65. The second-order valence-electron chi connectivity index (χ2n) is 2.39. The molecule has 2 heterocycles. The fourth-order valence-electron chi connectivity index (χ4n) is 1.27. The van der Waals surface area contributed by atoms with Gasteiger partial charge in [-0.1, -0.05) is 0 Å². The van der Waals surface area contributed by atoms with Gasteiger partial charge >= 0.3 is 0 Å². The SMILES string of the molecule is C1CC2OCOCC2O1. The number of ether oxygens (including phenoxy) is 3. The van der Waals surface area contributed by atoms with Crippen LogP contribution in [-0.4, -0.2) is 32.2 Å². The summed E-state index contributed by atoms with van der Waals surface area (Å²) in [6.45, 7) is 1.99. The minimum Gasteiger partial charge on any atom is -0.373 e. The third-order valence-corrected chi connectivity index (χ3v) is 1.80. The van der Waals surface area contributed by atoms with Gasteiger partial charge in [-0.3, -0.25) is 0 Å². The van der Waals surface area contributed by atoms with Gasteiger partial charge in [0.15, 0.2) is 0 Å². The minimum atomic E-state index is 0.221. The third kappa shape index (κ3) is 0.956. The van der Waals surface area contributed by atoms with Crippen molar-refractivity contribution in [3.05, 3.63) is 0 Å². The highest BCUT2D eigenvalue weighted by Gasteiger charge is 2.31. The molecular formula is C6H10O3. The molecule has 0 bridgehead atoms. The first-order chi connectivity index (χ1) is 4.47. The summed E-state index contributed by atoms with van der Waals surface area (Å²) in [7, 11) is 0. The van der Waals surface area contributed by atoms with E-state index < -0.39 is 0 Å². The van der Waals surface area contributed by atoms with Crippen molar-refractivity contribution >= 4 is 0 Å². The molecule has 0 radical (unpaired) electrons. The zero-order valence-corrected chi connectivity index (χ0v) is 5.21. The normalized spacial score (nSPS) is 42.7. The Morgan fingerprint density at radius 2 is 2.11 bits per heavy atom. The average molecular weight is 130 g/mol. The van der Waals surface area contributed by atoms with E-state index in [0.717, 1.165) is 13.0 Å². The highest BCUT2D eigenvalue weighted by atomic mass is 16.7. The summed E-state index contributed by atoms with van der Waals surface area (Å²) in [5, 5.41) is 0. The van der Waals surface area contributed by atoms with Gasteiger partial charge in [-0.05, 0) is 6.42 Å². The molecule has 2 rings (SSSR count). The smallest absolute Gasteiger partial charge is 0.147 e. The molecule has 2 atom stereocenters. The molecule has 2 unspecified atom stereocenters. The summed E-state index contributed by atoms with van der Waals surface area (Å²) in [5.74, 6) is 0. The van der Waals surface area contributed by atoms with Gasteiger partial charge in [0.2, 0.25) is 0 Å². The summed E-state index contributed by atoms with van der Waals surface area (Å²) in [6, 6.07) is 0. The van der Waals surface area contributed by atoms with Gasteiger partial charge in [-0.15, -0.1) is 0 Å². The van der Waals surface area contributed by atoms with Crippen LogP contribution in [0.3, 0.4) is 0 Å². The first-order valence-corrected chi connectivity index (χ1v) is 3.28. The Hall–Kier alpha value is -0.120. The lowest BCUT2D eigenvalue weighted by Gasteiger charge is -2.23. The summed E-state index contributed by atoms with van der Waals surface area (Å²) in [4.78, 5) is 0. The van der Waals surface area contributed by atoms with Crippen LogP contribution < -0.4 is 0 Å². The molecule has 0 aliphatic carbocycles. The molecule has 3 nitrogen and oxygen atoms in total. The van der Waals surface area contributed by atoms with Crippen LogP contribution in [0.5, 0.6) is 0 Å². The predicted octanol–water partition coefficient (Wildman–Crippen LogP) is 0.148. The quantitative estimate of drug-likeness (QED) is 0.467. The Morgan fingerprint density at radius 1 is 1.11 bits per heavy atom. The van der Waals surface area contributed by atoms with Crippen LogP contribution >= 0.6 is 0 Å². The molecule has 0 aromatic rings. The van der Waals surface area contributed by atoms with E-state index in [9.17, 15) is 0 Å². The number of fused-ring (bicyclic) bond motifs is 1. The molecule has 0 aromatic heterocycles. The third-order valence-electron chi connectivity index (χ3n) is 1.80. The Morgan fingerprint density at radius 3 is 3.00 bits per heavy atom. The maximum Gasteiger partial charge on any atom is 0.147 e. The monoisotopic (exact) mass is 130 g/mol. The molecule has 0 N–H and O–H groups in total. The molecule has 52 valence electrons. The van der Waals surface area contributed by atoms with Crippen LogP contribution in [0.4, 0.5) is 0 Å². The zero-order chi connectivity index (χ0) is 6.10. The van der Waals surface area contributed by atoms with E-state index in [4.69, 9.17) is 14.2 Å². The largest absolute Gasteiger partial charge is 0.373 e. The van der Waals surface area contributed by atoms with Crippen molar-refractivity contribution in [3.8, 4) is 0 Å². The van der Waals surface area contributed by atoms with Gasteiger partial charge < -0.3 is 14.2 Å². The molecule has 2 fully saturated rings. The molecule has 0 saturated carbocycles. The van der Waals surface area contributed by atoms with Crippen LogP contribution in [0.15, 0.2) is 0 Å². The van der Waals surface area contributed by atoms with E-state index in [2.05, 4.69) is 0 Å². The second kappa shape index (κ2) is 2.25. The Bertz CT molecular complexity index is 92.5. The van der Waals surface area contributed by atoms with Crippen LogP contribution in [0.1, 0.15) is 6.42 Å². The fourth-order valence-corrected chi connectivity index (χ4v) is 1.27. The molecule has 0 aromatic carbocycles. The summed E-state index contributed by atoms with van der Waals surface area (Å²) >= 11 is 0. The summed E-state index contributed by atoms with van der Waals surface area (Å²) in [6.07, 6.45) is 1.58. The Labute approximate surface area is 53.9 Å². The number of hydrogen-bond acceptors (Lipinski definition) is 3. The number of hydrogen-bond donors (Lipinski definition) is 0. The van der Waals surface area contributed by atoms with Crippen LogP contribution in [0, 0.1) is 0 Å². The van der Waals surface area contributed by atoms with Crippen molar-refractivity contribution in [2.45, 2.75) is 18.6 Å². The van der Waals surface area contributed by atoms with Crippen molar-refractivity contribution in [1.29, 1.82) is 0 Å². The van der Waals surface area contributed by atoms with Crippen LogP contribution in [0.2, 0.25) is 0 Å². The average Bonchev–Trinajstić information content (AvgIpc) is 2.33. The van der Waals surface area contributed by atoms with E-state index in [1.165, 1.54) is 0 Å². The van der Waals surface area contributed by atoms with E-state index >= 15 is 0 Å². The van der Waals surface area contributed by atoms with Gasteiger partial charge in [0.1, 0.15) is 12.9 Å². The molecule has 0 amide bonds. The Balaban J connectivity index is 1.97. The van der Waals surface area contributed by atoms with E-state index in [-0.39, 0.29) is 6.10 Å². The number of rotatable bonds is 0. The van der Waals surface area contributed by atoms with Crippen molar-refractivity contribution in [2.24, 2.45) is 0 Å². The van der Waals surface area contributed by atoms with Gasteiger partial charge in [-0.25, -0.2) is 0 Å². The highest BCUT2D eigenvalue weighted by molar-refractivity contribution is 4.77. The fraction of sp³-hybridized carbons (Fsp3) is 1.00. The molecule has 2 saturated heterocycles. The maximum atomic E-state index is 5.31. The minimum absolute atomic E-state index is 0.221. The standard InChI is InChI=1S/C6H10O3/c1-2-8-6-3-7-4-9-5(1)6/h5-6H,1-4H2. The lowest BCUT2D eigenvalue weighted by atomic mass is 10.2. The van der Waals surface area contributed by atoms with E-state index in [1.54, 1.807) is 0 Å². The van der Waals surface area contributed by atoms with E-state index in [0.29, 0.717) is 19.5 Å². The molecular weight excluding hydrogens is 120 g/mol. The highest BCUT2D eigenvalue weighted by Crippen LogP contribution is 2.20. The second-order valence-corrected chi connectivity index (χ2v) is 2.39.